The topological polar surface area (TPSA) is 78.5 Å². The van der Waals surface area contributed by atoms with E-state index in [9.17, 15) is 4.79 Å². The molecular weight excluding hydrogens is 226 g/mol. The van der Waals surface area contributed by atoms with Crippen LogP contribution in [0.4, 0.5) is 4.79 Å². The van der Waals surface area contributed by atoms with Crippen LogP contribution >= 0.6 is 11.3 Å². The highest BCUT2D eigenvalue weighted by Gasteiger charge is 2.13. The molecule has 1 aromatic rings. The van der Waals surface area contributed by atoms with Crippen molar-refractivity contribution in [2.45, 2.75) is 0 Å². The van der Waals surface area contributed by atoms with Gasteiger partial charge in [-0.05, 0) is 11.4 Å². The summed E-state index contributed by atoms with van der Waals surface area (Å²) in [7, 11) is 0. The zero-order valence-electron chi connectivity index (χ0n) is 8.12. The molecule has 1 aliphatic heterocycles. The Morgan fingerprint density at radius 2 is 2.38 bits per heavy atom. The summed E-state index contributed by atoms with van der Waals surface area (Å²) >= 11 is 1.54. The molecule has 7 heteroatoms. The fourth-order valence-corrected chi connectivity index (χ4v) is 1.52. The number of urea groups is 1. The molecule has 2 heterocycles. The molecule has 0 spiro atoms. The van der Waals surface area contributed by atoms with Crippen LogP contribution in [0.1, 0.15) is 4.88 Å². The Morgan fingerprint density at radius 1 is 1.50 bits per heavy atom. The van der Waals surface area contributed by atoms with Crippen molar-refractivity contribution in [3.8, 4) is 0 Å². The minimum absolute atomic E-state index is 0.216. The Morgan fingerprint density at radius 3 is 3.12 bits per heavy atom. The lowest BCUT2D eigenvalue weighted by Gasteiger charge is -2.06. The molecule has 2 amide bonds. The first-order valence-corrected chi connectivity index (χ1v) is 5.20. The third-order valence-electron chi connectivity index (χ3n) is 1.65. The predicted octanol–water partition coefficient (Wildman–Crippen LogP) is 2.17. The molecule has 0 aromatic carbocycles. The summed E-state index contributed by atoms with van der Waals surface area (Å²) in [5.74, 6) is 0.216. The Bertz CT molecular complexity index is 500. The number of hydrogen-bond acceptors (Lipinski definition) is 5. The molecule has 0 radical (unpaired) electrons. The summed E-state index contributed by atoms with van der Waals surface area (Å²) < 4.78 is 0. The van der Waals surface area contributed by atoms with Crippen molar-refractivity contribution in [1.29, 1.82) is 0 Å². The smallest absolute Gasteiger partial charge is 0.286 e. The number of hydrogen-bond donors (Lipinski definition) is 1. The third-order valence-corrected chi connectivity index (χ3v) is 2.45. The molecule has 0 atom stereocenters. The van der Waals surface area contributed by atoms with Gasteiger partial charge in [0, 0.05) is 4.88 Å². The summed E-state index contributed by atoms with van der Waals surface area (Å²) in [6.45, 7) is 3.57. The number of amidine groups is 1. The first-order valence-electron chi connectivity index (χ1n) is 4.32. The zero-order chi connectivity index (χ0) is 11.4. The van der Waals surface area contributed by atoms with E-state index in [-0.39, 0.29) is 11.5 Å². The predicted molar refractivity (Wildman–Crippen MR) is 61.9 cm³/mol. The van der Waals surface area contributed by atoms with Gasteiger partial charge in [0.25, 0.3) is 0 Å². The lowest BCUT2D eigenvalue weighted by molar-refractivity contribution is 0.251. The van der Waals surface area contributed by atoms with E-state index in [2.05, 4.69) is 32.3 Å². The van der Waals surface area contributed by atoms with E-state index >= 15 is 0 Å². The van der Waals surface area contributed by atoms with Gasteiger partial charge >= 0.3 is 6.03 Å². The van der Waals surface area contributed by atoms with Gasteiger partial charge in [0.05, 0.1) is 6.21 Å². The van der Waals surface area contributed by atoms with Crippen LogP contribution in [0.5, 0.6) is 0 Å². The van der Waals surface area contributed by atoms with Gasteiger partial charge in [-0.3, -0.25) is 5.32 Å². The Labute approximate surface area is 95.1 Å². The molecule has 1 aromatic heterocycles. The largest absolute Gasteiger partial charge is 0.365 e. The van der Waals surface area contributed by atoms with E-state index in [0.717, 1.165) is 4.88 Å². The second-order valence-electron chi connectivity index (χ2n) is 2.79. The monoisotopic (exact) mass is 233 g/mol. The van der Waals surface area contributed by atoms with Crippen LogP contribution in [0.2, 0.25) is 0 Å². The van der Waals surface area contributed by atoms with Gasteiger partial charge in [0.2, 0.25) is 0 Å². The van der Waals surface area contributed by atoms with E-state index in [4.69, 9.17) is 0 Å². The van der Waals surface area contributed by atoms with E-state index in [0.29, 0.717) is 0 Å². The van der Waals surface area contributed by atoms with Crippen molar-refractivity contribution in [2.75, 3.05) is 0 Å². The van der Waals surface area contributed by atoms with Crippen molar-refractivity contribution in [3.63, 3.8) is 0 Å². The van der Waals surface area contributed by atoms with Gasteiger partial charge in [-0.2, -0.15) is 5.10 Å². The summed E-state index contributed by atoms with van der Waals surface area (Å²) in [5, 5.41) is 18.7. The summed E-state index contributed by atoms with van der Waals surface area (Å²) in [6.07, 6.45) is 1.59. The van der Waals surface area contributed by atoms with Crippen LogP contribution in [0.3, 0.4) is 0 Å². The number of amides is 2. The molecule has 16 heavy (non-hydrogen) atoms. The average Bonchev–Trinajstić information content (AvgIpc) is 2.76. The number of carbonyl (C=O) groups is 1. The number of thiophene rings is 1. The molecule has 80 valence electrons. The molecule has 0 saturated carbocycles. The van der Waals surface area contributed by atoms with E-state index in [1.807, 2.05) is 17.5 Å². The van der Waals surface area contributed by atoms with Crippen molar-refractivity contribution in [3.05, 3.63) is 34.7 Å². The fraction of sp³-hybridized carbons (Fsp3) is 0. The first-order chi connectivity index (χ1) is 7.75. The molecule has 1 N–H and O–H groups in total. The highest BCUT2D eigenvalue weighted by atomic mass is 32.1. The number of azo groups is 1. The van der Waals surface area contributed by atoms with Gasteiger partial charge in [-0.1, -0.05) is 17.8 Å². The van der Waals surface area contributed by atoms with Crippen LogP contribution in [-0.4, -0.2) is 18.1 Å². The van der Waals surface area contributed by atoms with Gasteiger partial charge < -0.3 is 0 Å². The molecule has 0 fully saturated rings. The maximum Gasteiger partial charge on any atom is 0.365 e. The Balaban J connectivity index is 2.10. The van der Waals surface area contributed by atoms with E-state index in [1.54, 1.807) is 17.6 Å². The van der Waals surface area contributed by atoms with Crippen molar-refractivity contribution in [1.82, 2.24) is 5.32 Å². The van der Waals surface area contributed by atoms with E-state index < -0.39 is 6.03 Å². The first kappa shape index (κ1) is 10.4. The molecule has 0 bridgehead atoms. The van der Waals surface area contributed by atoms with Crippen LogP contribution in [0.25, 0.3) is 0 Å². The lowest BCUT2D eigenvalue weighted by Crippen LogP contribution is -2.31. The normalized spacial score (nSPS) is 18.4. The quantitative estimate of drug-likeness (QED) is 0.616. The standard InChI is InChI=1S/C9H7N5OS/c1-6-8(11-9(15)14-12-6)13-10-5-7-3-2-4-16-7/h2-5H,1H2,(H,11,13,15)/b10-5+. The SMILES string of the molecule is C=C1N=NC(=O)N/C1=N/N=C/c1cccs1. The molecule has 6 nitrogen and oxygen atoms in total. The van der Waals surface area contributed by atoms with Crippen LogP contribution in [-0.2, 0) is 0 Å². The molecular formula is C9H7N5OS. The van der Waals surface area contributed by atoms with Crippen LogP contribution in [0, 0.1) is 0 Å². The van der Waals surface area contributed by atoms with Crippen LogP contribution < -0.4 is 5.32 Å². The maximum absolute atomic E-state index is 10.9. The molecule has 1 aliphatic rings. The Hall–Kier alpha value is -2.15. The molecule has 0 unspecified atom stereocenters. The highest BCUT2D eigenvalue weighted by molar-refractivity contribution is 7.11. The van der Waals surface area contributed by atoms with Gasteiger partial charge in [0.1, 0.15) is 5.70 Å². The van der Waals surface area contributed by atoms with Crippen LogP contribution in [0.15, 0.2) is 50.2 Å². The zero-order valence-corrected chi connectivity index (χ0v) is 8.94. The number of nitrogens with zero attached hydrogens (tertiary/aromatic N) is 4. The molecule has 0 aliphatic carbocycles. The van der Waals surface area contributed by atoms with E-state index in [1.165, 1.54) is 0 Å². The summed E-state index contributed by atoms with van der Waals surface area (Å²) in [4.78, 5) is 11.8. The molecule has 2 rings (SSSR count). The average molecular weight is 233 g/mol. The number of nitrogens with one attached hydrogen (secondary N) is 1. The van der Waals surface area contributed by atoms with Crippen molar-refractivity contribution >= 4 is 29.4 Å². The lowest BCUT2D eigenvalue weighted by atomic mass is 10.4. The van der Waals surface area contributed by atoms with Gasteiger partial charge in [-0.25, -0.2) is 4.79 Å². The minimum Gasteiger partial charge on any atom is -0.286 e. The van der Waals surface area contributed by atoms with Crippen molar-refractivity contribution in [2.24, 2.45) is 20.4 Å². The maximum atomic E-state index is 10.9. The fourth-order valence-electron chi connectivity index (χ4n) is 0.943. The second kappa shape index (κ2) is 4.58. The number of rotatable bonds is 2. The highest BCUT2D eigenvalue weighted by Crippen LogP contribution is 2.06. The van der Waals surface area contributed by atoms with Crippen molar-refractivity contribution < 1.29 is 4.79 Å². The minimum atomic E-state index is -0.572. The Kier molecular flexibility index (Phi) is 2.97. The number of carbonyl (C=O) groups excluding carboxylic acids is 1. The second-order valence-corrected chi connectivity index (χ2v) is 3.76. The van der Waals surface area contributed by atoms with Gasteiger partial charge in [0.15, 0.2) is 5.84 Å². The third kappa shape index (κ3) is 2.45. The summed E-state index contributed by atoms with van der Waals surface area (Å²) in [5.41, 5.74) is 0.280. The summed E-state index contributed by atoms with van der Waals surface area (Å²) in [6, 6.07) is 3.24. The molecule has 0 saturated heterocycles. The van der Waals surface area contributed by atoms with Gasteiger partial charge in [-0.15, -0.1) is 21.6 Å².